The van der Waals surface area contributed by atoms with Crippen molar-refractivity contribution in [2.24, 2.45) is 0 Å². The van der Waals surface area contributed by atoms with Crippen molar-refractivity contribution in [2.75, 3.05) is 13.2 Å². The number of ketones is 1. The zero-order valence-corrected chi connectivity index (χ0v) is 15.4. The molecule has 2 N–H and O–H groups in total. The van der Waals surface area contributed by atoms with E-state index in [-0.39, 0.29) is 12.4 Å². The van der Waals surface area contributed by atoms with Crippen LogP contribution in [0.1, 0.15) is 40.9 Å². The molecular formula is C21H27NO3. The first-order chi connectivity index (χ1) is 11.9. The van der Waals surface area contributed by atoms with E-state index in [0.717, 1.165) is 11.1 Å². The van der Waals surface area contributed by atoms with Gasteiger partial charge in [-0.2, -0.15) is 0 Å². The van der Waals surface area contributed by atoms with Gasteiger partial charge < -0.3 is 15.2 Å². The van der Waals surface area contributed by atoms with Crippen molar-refractivity contribution < 1.29 is 14.6 Å². The molecule has 134 valence electrons. The minimum absolute atomic E-state index is 0.0633. The van der Waals surface area contributed by atoms with Gasteiger partial charge in [0.1, 0.15) is 18.5 Å². The van der Waals surface area contributed by atoms with E-state index in [0.29, 0.717) is 29.5 Å². The lowest BCUT2D eigenvalue weighted by molar-refractivity contribution is 0.0978. The number of rotatable bonds is 8. The van der Waals surface area contributed by atoms with Gasteiger partial charge in [-0.25, -0.2) is 0 Å². The maximum absolute atomic E-state index is 12.9. The zero-order valence-electron chi connectivity index (χ0n) is 15.4. The molecule has 0 bridgehead atoms. The maximum Gasteiger partial charge on any atom is 0.197 e. The van der Waals surface area contributed by atoms with Crippen LogP contribution in [-0.2, 0) is 0 Å². The first-order valence-corrected chi connectivity index (χ1v) is 8.64. The van der Waals surface area contributed by atoms with Gasteiger partial charge in [0.05, 0.1) is 5.56 Å². The Morgan fingerprint density at radius 2 is 1.72 bits per heavy atom. The van der Waals surface area contributed by atoms with Crippen LogP contribution in [0.15, 0.2) is 42.5 Å². The second-order valence-corrected chi connectivity index (χ2v) is 6.63. The molecule has 0 saturated heterocycles. The first-order valence-electron chi connectivity index (χ1n) is 8.64. The van der Waals surface area contributed by atoms with E-state index in [4.69, 9.17) is 4.74 Å². The molecule has 2 aromatic carbocycles. The van der Waals surface area contributed by atoms with E-state index >= 15 is 0 Å². The Bertz CT molecular complexity index is 711. The van der Waals surface area contributed by atoms with Crippen LogP contribution in [0.5, 0.6) is 5.75 Å². The quantitative estimate of drug-likeness (QED) is 0.724. The summed E-state index contributed by atoms with van der Waals surface area (Å²) in [6, 6.07) is 13.3. The fourth-order valence-corrected chi connectivity index (χ4v) is 2.60. The molecule has 0 aliphatic rings. The molecule has 0 spiro atoms. The third-order valence-electron chi connectivity index (χ3n) is 4.01. The van der Waals surface area contributed by atoms with Crippen molar-refractivity contribution in [3.63, 3.8) is 0 Å². The van der Waals surface area contributed by atoms with E-state index < -0.39 is 6.10 Å². The van der Waals surface area contributed by atoms with Gasteiger partial charge in [0, 0.05) is 18.2 Å². The van der Waals surface area contributed by atoms with Gasteiger partial charge in [-0.15, -0.1) is 0 Å². The summed E-state index contributed by atoms with van der Waals surface area (Å²) in [5.41, 5.74) is 2.94. The Kier molecular flexibility index (Phi) is 6.73. The zero-order chi connectivity index (χ0) is 18.4. The molecule has 0 amide bonds. The monoisotopic (exact) mass is 341 g/mol. The summed E-state index contributed by atoms with van der Waals surface area (Å²) in [6.07, 6.45) is -0.637. The largest absolute Gasteiger partial charge is 0.490 e. The molecule has 4 heteroatoms. The third-order valence-corrected chi connectivity index (χ3v) is 4.01. The van der Waals surface area contributed by atoms with Crippen LogP contribution in [0.4, 0.5) is 0 Å². The molecule has 25 heavy (non-hydrogen) atoms. The summed E-state index contributed by atoms with van der Waals surface area (Å²) >= 11 is 0. The molecule has 2 rings (SSSR count). The Morgan fingerprint density at radius 3 is 2.36 bits per heavy atom. The third kappa shape index (κ3) is 5.15. The van der Waals surface area contributed by atoms with Gasteiger partial charge in [-0.1, -0.05) is 56.3 Å². The van der Waals surface area contributed by atoms with Crippen molar-refractivity contribution in [2.45, 2.75) is 39.8 Å². The molecule has 0 heterocycles. The lowest BCUT2D eigenvalue weighted by Crippen LogP contribution is -2.35. The lowest BCUT2D eigenvalue weighted by atomic mass is 9.96. The van der Waals surface area contributed by atoms with Crippen LogP contribution in [0.25, 0.3) is 0 Å². The van der Waals surface area contributed by atoms with Gasteiger partial charge in [-0.05, 0) is 25.0 Å². The summed E-state index contributed by atoms with van der Waals surface area (Å²) in [4.78, 5) is 12.9. The van der Waals surface area contributed by atoms with Gasteiger partial charge in [0.25, 0.3) is 0 Å². The topological polar surface area (TPSA) is 58.6 Å². The van der Waals surface area contributed by atoms with Gasteiger partial charge in [0.15, 0.2) is 5.78 Å². The Balaban J connectivity index is 2.23. The van der Waals surface area contributed by atoms with E-state index in [2.05, 4.69) is 5.32 Å². The van der Waals surface area contributed by atoms with Crippen LogP contribution in [-0.4, -0.2) is 36.2 Å². The molecular weight excluding hydrogens is 314 g/mol. The summed E-state index contributed by atoms with van der Waals surface area (Å²) < 4.78 is 5.87. The molecule has 0 aliphatic heterocycles. The average Bonchev–Trinajstić information content (AvgIpc) is 2.60. The Hall–Kier alpha value is -2.17. The van der Waals surface area contributed by atoms with E-state index in [1.54, 1.807) is 12.1 Å². The van der Waals surface area contributed by atoms with Crippen LogP contribution in [0, 0.1) is 13.8 Å². The Labute approximate surface area is 149 Å². The number of nitrogens with one attached hydrogen (secondary N) is 1. The van der Waals surface area contributed by atoms with Crippen molar-refractivity contribution >= 4 is 5.78 Å². The number of aryl methyl sites for hydroxylation is 2. The minimum atomic E-state index is -0.637. The van der Waals surface area contributed by atoms with Crippen molar-refractivity contribution in [1.29, 1.82) is 0 Å². The number of carbonyl (C=O) groups excluding carboxylic acids is 1. The number of aliphatic hydroxyl groups excluding tert-OH is 1. The molecule has 0 aromatic heterocycles. The molecule has 4 nitrogen and oxygen atoms in total. The first kappa shape index (κ1) is 19.2. The highest BCUT2D eigenvalue weighted by Gasteiger charge is 2.20. The number of hydrogen-bond acceptors (Lipinski definition) is 4. The molecule has 1 unspecified atom stereocenters. The molecule has 0 saturated carbocycles. The fraction of sp³-hybridized carbons (Fsp3) is 0.381. The predicted molar refractivity (Wildman–Crippen MR) is 100 cm³/mol. The molecule has 2 aromatic rings. The minimum Gasteiger partial charge on any atom is -0.490 e. The highest BCUT2D eigenvalue weighted by atomic mass is 16.5. The maximum atomic E-state index is 12.9. The van der Waals surface area contributed by atoms with E-state index in [1.165, 1.54) is 0 Å². The normalized spacial score (nSPS) is 12.2. The van der Waals surface area contributed by atoms with Crippen LogP contribution < -0.4 is 10.1 Å². The number of carbonyl (C=O) groups is 1. The van der Waals surface area contributed by atoms with Gasteiger partial charge >= 0.3 is 0 Å². The summed E-state index contributed by atoms with van der Waals surface area (Å²) in [6.45, 7) is 8.45. The van der Waals surface area contributed by atoms with Crippen LogP contribution in [0.2, 0.25) is 0 Å². The fourth-order valence-electron chi connectivity index (χ4n) is 2.60. The van der Waals surface area contributed by atoms with Crippen LogP contribution >= 0.6 is 0 Å². The Morgan fingerprint density at radius 1 is 1.08 bits per heavy atom. The van der Waals surface area contributed by atoms with Crippen molar-refractivity contribution in [3.8, 4) is 5.75 Å². The van der Waals surface area contributed by atoms with Gasteiger partial charge in [0.2, 0.25) is 0 Å². The predicted octanol–water partition coefficient (Wildman–Crippen LogP) is 3.27. The van der Waals surface area contributed by atoms with Crippen molar-refractivity contribution in [3.05, 3.63) is 64.7 Å². The van der Waals surface area contributed by atoms with E-state index in [1.807, 2.05) is 58.0 Å². The van der Waals surface area contributed by atoms with Gasteiger partial charge in [-0.3, -0.25) is 4.79 Å². The molecule has 0 radical (unpaired) electrons. The number of aliphatic hydroxyl groups is 1. The molecule has 0 aliphatic carbocycles. The SMILES string of the molecule is Cc1ccc(C)c(C(=O)c2ccccc2)c1OCC(O)CNC(C)C. The second kappa shape index (κ2) is 8.79. The highest BCUT2D eigenvalue weighted by Crippen LogP contribution is 2.29. The number of ether oxygens (including phenoxy) is 1. The van der Waals surface area contributed by atoms with Crippen molar-refractivity contribution in [1.82, 2.24) is 5.32 Å². The lowest BCUT2D eigenvalue weighted by Gasteiger charge is -2.19. The molecule has 0 fully saturated rings. The standard InChI is InChI=1S/C21H27NO3/c1-14(2)22-12-18(23)13-25-21-16(4)11-10-15(3)19(21)20(24)17-8-6-5-7-9-17/h5-11,14,18,22-23H,12-13H2,1-4H3. The van der Waals surface area contributed by atoms with Crippen LogP contribution in [0.3, 0.4) is 0 Å². The second-order valence-electron chi connectivity index (χ2n) is 6.63. The number of hydrogen-bond donors (Lipinski definition) is 2. The number of benzene rings is 2. The summed E-state index contributed by atoms with van der Waals surface area (Å²) in [5.74, 6) is 0.490. The summed E-state index contributed by atoms with van der Waals surface area (Å²) in [7, 11) is 0. The van der Waals surface area contributed by atoms with E-state index in [9.17, 15) is 9.90 Å². The smallest absolute Gasteiger partial charge is 0.197 e. The average molecular weight is 341 g/mol. The highest BCUT2D eigenvalue weighted by molar-refractivity contribution is 6.11. The molecule has 1 atom stereocenters. The summed E-state index contributed by atoms with van der Waals surface area (Å²) in [5, 5.41) is 13.3.